The van der Waals surface area contributed by atoms with Gasteiger partial charge in [0.1, 0.15) is 5.76 Å². The molecular formula is C16H21NOS. The quantitative estimate of drug-likeness (QED) is 0.796. The van der Waals surface area contributed by atoms with Gasteiger partial charge >= 0.3 is 0 Å². The van der Waals surface area contributed by atoms with Crippen molar-refractivity contribution in [2.75, 3.05) is 6.26 Å². The number of rotatable bonds is 6. The number of hydrogen-bond donors (Lipinski definition) is 1. The third-order valence-corrected chi connectivity index (χ3v) is 3.98. The Bertz CT molecular complexity index is 478. The predicted molar refractivity (Wildman–Crippen MR) is 81.6 cm³/mol. The van der Waals surface area contributed by atoms with E-state index >= 15 is 0 Å². The molecule has 1 N–H and O–H groups in total. The maximum Gasteiger partial charge on any atom is 0.105 e. The zero-order valence-electron chi connectivity index (χ0n) is 11.7. The summed E-state index contributed by atoms with van der Waals surface area (Å²) in [4.78, 5) is 1.31. The van der Waals surface area contributed by atoms with Crippen LogP contribution in [-0.4, -0.2) is 12.3 Å². The second-order valence-electron chi connectivity index (χ2n) is 4.85. The van der Waals surface area contributed by atoms with Crippen LogP contribution in [0.3, 0.4) is 0 Å². The zero-order chi connectivity index (χ0) is 13.7. The lowest BCUT2D eigenvalue weighted by Gasteiger charge is -2.20. The molecule has 0 amide bonds. The molecule has 1 aromatic carbocycles. The molecule has 0 radical (unpaired) electrons. The highest BCUT2D eigenvalue weighted by atomic mass is 32.2. The molecule has 3 heteroatoms. The minimum atomic E-state index is 0.348. The Morgan fingerprint density at radius 1 is 1.16 bits per heavy atom. The summed E-state index contributed by atoms with van der Waals surface area (Å²) < 4.78 is 5.38. The maximum absolute atomic E-state index is 5.38. The van der Waals surface area contributed by atoms with Crippen molar-refractivity contribution < 1.29 is 4.42 Å². The molecule has 0 saturated carbocycles. The van der Waals surface area contributed by atoms with Gasteiger partial charge in [0, 0.05) is 23.4 Å². The monoisotopic (exact) mass is 275 g/mol. The standard InChI is InChI=1S/C16H21NOS/c1-12(11-15-5-4-10-18-15)17-13(2)14-6-8-16(19-3)9-7-14/h4-10,12-13,17H,11H2,1-3H3. The van der Waals surface area contributed by atoms with Crippen LogP contribution in [0, 0.1) is 0 Å². The van der Waals surface area contributed by atoms with Gasteiger partial charge in [0.05, 0.1) is 6.26 Å². The van der Waals surface area contributed by atoms with Gasteiger partial charge in [-0.05, 0) is 49.9 Å². The summed E-state index contributed by atoms with van der Waals surface area (Å²) in [6.07, 6.45) is 4.75. The van der Waals surface area contributed by atoms with E-state index in [-0.39, 0.29) is 0 Å². The average molecular weight is 275 g/mol. The summed E-state index contributed by atoms with van der Waals surface area (Å²) in [6, 6.07) is 13.4. The molecule has 2 atom stereocenters. The van der Waals surface area contributed by atoms with Crippen molar-refractivity contribution >= 4 is 11.8 Å². The minimum absolute atomic E-state index is 0.348. The molecule has 0 fully saturated rings. The molecule has 2 rings (SSSR count). The highest BCUT2D eigenvalue weighted by Gasteiger charge is 2.11. The van der Waals surface area contributed by atoms with Crippen LogP contribution in [0.2, 0.25) is 0 Å². The van der Waals surface area contributed by atoms with Crippen LogP contribution in [0.4, 0.5) is 0 Å². The molecule has 2 nitrogen and oxygen atoms in total. The molecule has 0 spiro atoms. The molecular weight excluding hydrogens is 254 g/mol. The molecule has 2 unspecified atom stereocenters. The Balaban J connectivity index is 1.90. The van der Waals surface area contributed by atoms with Gasteiger partial charge in [0.25, 0.3) is 0 Å². The molecule has 2 aromatic rings. The van der Waals surface area contributed by atoms with Crippen molar-refractivity contribution in [1.82, 2.24) is 5.32 Å². The van der Waals surface area contributed by atoms with Crippen LogP contribution < -0.4 is 5.32 Å². The molecule has 0 aliphatic rings. The first-order valence-corrected chi connectivity index (χ1v) is 7.84. The second-order valence-corrected chi connectivity index (χ2v) is 5.73. The van der Waals surface area contributed by atoms with Gasteiger partial charge in [0.15, 0.2) is 0 Å². The number of furan rings is 1. The third kappa shape index (κ3) is 4.15. The lowest BCUT2D eigenvalue weighted by molar-refractivity contribution is 0.429. The third-order valence-electron chi connectivity index (χ3n) is 3.24. The van der Waals surface area contributed by atoms with E-state index in [4.69, 9.17) is 4.42 Å². The van der Waals surface area contributed by atoms with Crippen molar-refractivity contribution in [3.05, 3.63) is 54.0 Å². The van der Waals surface area contributed by atoms with Crippen molar-refractivity contribution in [2.45, 2.75) is 37.2 Å². The van der Waals surface area contributed by atoms with E-state index in [1.165, 1.54) is 10.5 Å². The molecule has 0 aliphatic heterocycles. The Hall–Kier alpha value is -1.19. The molecule has 0 bridgehead atoms. The Morgan fingerprint density at radius 2 is 1.89 bits per heavy atom. The average Bonchev–Trinajstić information content (AvgIpc) is 2.91. The number of thioether (sulfide) groups is 1. The molecule has 102 valence electrons. The van der Waals surface area contributed by atoms with E-state index in [0.717, 1.165) is 12.2 Å². The molecule has 19 heavy (non-hydrogen) atoms. The van der Waals surface area contributed by atoms with Crippen LogP contribution in [0.25, 0.3) is 0 Å². The van der Waals surface area contributed by atoms with Gasteiger partial charge in [-0.3, -0.25) is 0 Å². The normalized spacial score (nSPS) is 14.3. The Labute approximate surface area is 119 Å². The molecule has 0 saturated heterocycles. The van der Waals surface area contributed by atoms with Crippen LogP contribution in [0.5, 0.6) is 0 Å². The number of benzene rings is 1. The van der Waals surface area contributed by atoms with Gasteiger partial charge < -0.3 is 9.73 Å². The summed E-state index contributed by atoms with van der Waals surface area (Å²) in [5.74, 6) is 1.03. The molecule has 1 aromatic heterocycles. The SMILES string of the molecule is CSc1ccc(C(C)NC(C)Cc2ccco2)cc1. The van der Waals surface area contributed by atoms with E-state index in [1.54, 1.807) is 18.0 Å². The van der Waals surface area contributed by atoms with E-state index < -0.39 is 0 Å². The first kappa shape index (κ1) is 14.2. The van der Waals surface area contributed by atoms with Gasteiger partial charge in [-0.2, -0.15) is 0 Å². The summed E-state index contributed by atoms with van der Waals surface area (Å²) in [7, 11) is 0. The number of hydrogen-bond acceptors (Lipinski definition) is 3. The van der Waals surface area contributed by atoms with Gasteiger partial charge in [-0.25, -0.2) is 0 Å². The summed E-state index contributed by atoms with van der Waals surface area (Å²) in [5.41, 5.74) is 1.32. The molecule has 1 heterocycles. The van der Waals surface area contributed by atoms with Crippen LogP contribution >= 0.6 is 11.8 Å². The van der Waals surface area contributed by atoms with Gasteiger partial charge in [-0.1, -0.05) is 12.1 Å². The lowest BCUT2D eigenvalue weighted by Crippen LogP contribution is -2.30. The Morgan fingerprint density at radius 3 is 2.47 bits per heavy atom. The fourth-order valence-electron chi connectivity index (χ4n) is 2.21. The van der Waals surface area contributed by atoms with Crippen molar-refractivity contribution in [2.24, 2.45) is 0 Å². The fraction of sp³-hybridized carbons (Fsp3) is 0.375. The summed E-state index contributed by atoms with van der Waals surface area (Å²) in [6.45, 7) is 4.39. The minimum Gasteiger partial charge on any atom is -0.469 e. The summed E-state index contributed by atoms with van der Waals surface area (Å²) in [5, 5.41) is 3.61. The van der Waals surface area contributed by atoms with E-state index in [9.17, 15) is 0 Å². The zero-order valence-corrected chi connectivity index (χ0v) is 12.5. The highest BCUT2D eigenvalue weighted by Crippen LogP contribution is 2.19. The van der Waals surface area contributed by atoms with Crippen molar-refractivity contribution in [3.63, 3.8) is 0 Å². The second kappa shape index (κ2) is 6.83. The first-order valence-electron chi connectivity index (χ1n) is 6.61. The van der Waals surface area contributed by atoms with Crippen LogP contribution in [0.15, 0.2) is 52.0 Å². The number of nitrogens with one attached hydrogen (secondary N) is 1. The lowest BCUT2D eigenvalue weighted by atomic mass is 10.1. The van der Waals surface area contributed by atoms with Crippen molar-refractivity contribution in [3.8, 4) is 0 Å². The highest BCUT2D eigenvalue weighted by molar-refractivity contribution is 7.98. The summed E-state index contributed by atoms with van der Waals surface area (Å²) >= 11 is 1.77. The van der Waals surface area contributed by atoms with Crippen LogP contribution in [-0.2, 0) is 6.42 Å². The van der Waals surface area contributed by atoms with Crippen molar-refractivity contribution in [1.29, 1.82) is 0 Å². The smallest absolute Gasteiger partial charge is 0.105 e. The largest absolute Gasteiger partial charge is 0.469 e. The molecule has 0 aliphatic carbocycles. The fourth-order valence-corrected chi connectivity index (χ4v) is 2.61. The predicted octanol–water partition coefficient (Wildman–Crippen LogP) is 4.28. The topological polar surface area (TPSA) is 25.2 Å². The first-order chi connectivity index (χ1) is 9.19. The maximum atomic E-state index is 5.38. The van der Waals surface area contributed by atoms with E-state index in [1.807, 2.05) is 12.1 Å². The van der Waals surface area contributed by atoms with E-state index in [2.05, 4.69) is 49.7 Å². The van der Waals surface area contributed by atoms with Crippen LogP contribution in [0.1, 0.15) is 31.2 Å². The van der Waals surface area contributed by atoms with E-state index in [0.29, 0.717) is 12.1 Å². The van der Waals surface area contributed by atoms with Gasteiger partial charge in [-0.15, -0.1) is 11.8 Å². The Kier molecular flexibility index (Phi) is 5.11. The van der Waals surface area contributed by atoms with Gasteiger partial charge in [0.2, 0.25) is 0 Å².